The molecule has 0 aliphatic carbocycles. The average Bonchev–Trinajstić information content (AvgIpc) is 2.91. The van der Waals surface area contributed by atoms with Crippen molar-refractivity contribution in [3.63, 3.8) is 0 Å². The van der Waals surface area contributed by atoms with Gasteiger partial charge in [0.25, 0.3) is 0 Å². The number of carbonyl (C=O) groups is 1. The van der Waals surface area contributed by atoms with Crippen molar-refractivity contribution in [2.45, 2.75) is 98.4 Å². The number of carboxylic acid groups (broad SMARTS) is 1. The van der Waals surface area contributed by atoms with Gasteiger partial charge < -0.3 is 28.6 Å². The molecule has 0 aliphatic rings. The van der Waals surface area contributed by atoms with Crippen molar-refractivity contribution in [3.05, 3.63) is 65.7 Å². The molecule has 2 rings (SSSR count). The van der Waals surface area contributed by atoms with Crippen molar-refractivity contribution in [3.8, 4) is 5.75 Å². The maximum atomic E-state index is 9.94. The molecule has 0 radical (unpaired) electrons. The highest BCUT2D eigenvalue weighted by atomic mass is 16.5. The smallest absolute Gasteiger partial charge is 0.119 e. The summed E-state index contributed by atoms with van der Waals surface area (Å²) in [4.78, 5) is 9.94. The van der Waals surface area contributed by atoms with Crippen molar-refractivity contribution in [2.75, 3.05) is 53.7 Å². The molecule has 0 aromatic heterocycles. The summed E-state index contributed by atoms with van der Waals surface area (Å²) in [7, 11) is 4.49. The van der Waals surface area contributed by atoms with Crippen LogP contribution in [0.2, 0.25) is 0 Å². The molecule has 0 N–H and O–H groups in total. The molecular formula is C37H61NO5. The largest absolute Gasteiger partial charge is 0.548 e. The molecule has 6 nitrogen and oxygen atoms in total. The quantitative estimate of drug-likeness (QED) is 0.119. The number of benzene rings is 2. The van der Waals surface area contributed by atoms with Gasteiger partial charge in [-0.15, -0.1) is 0 Å². The maximum absolute atomic E-state index is 9.94. The van der Waals surface area contributed by atoms with Crippen molar-refractivity contribution in [1.29, 1.82) is 0 Å². The van der Waals surface area contributed by atoms with Crippen LogP contribution < -0.4 is 9.84 Å². The van der Waals surface area contributed by atoms with E-state index in [9.17, 15) is 9.90 Å². The fraction of sp³-hybridized carbons (Fsp3) is 0.649. The zero-order valence-corrected chi connectivity index (χ0v) is 28.6. The first kappa shape index (κ1) is 38.6. The van der Waals surface area contributed by atoms with Crippen LogP contribution in [0.25, 0.3) is 0 Å². The van der Waals surface area contributed by atoms with E-state index in [1.165, 1.54) is 36.8 Å². The van der Waals surface area contributed by atoms with Crippen LogP contribution in [0, 0.1) is 5.41 Å². The van der Waals surface area contributed by atoms with Crippen LogP contribution in [0.5, 0.6) is 5.75 Å². The number of rotatable bonds is 20. The monoisotopic (exact) mass is 599 g/mol. The summed E-state index contributed by atoms with van der Waals surface area (Å²) in [6.07, 6.45) is 8.28. The molecule has 0 unspecified atom stereocenters. The van der Waals surface area contributed by atoms with E-state index in [1.807, 2.05) is 0 Å². The number of unbranched alkanes of at least 4 members (excludes halogenated alkanes) is 5. The summed E-state index contributed by atoms with van der Waals surface area (Å²) in [5, 5.41) is 9.94. The SMILES string of the molecule is CC(C)(C)CC(C)(C)c1ccc(OCCOCC[N+](C)(C)Cc2ccccc2)cc1.CCCCCCCCOCC(=O)[O-]. The van der Waals surface area contributed by atoms with E-state index < -0.39 is 5.97 Å². The summed E-state index contributed by atoms with van der Waals surface area (Å²) in [5.74, 6) is -0.222. The number of nitrogens with zero attached hydrogens (tertiary/aromatic N) is 1. The van der Waals surface area contributed by atoms with Gasteiger partial charge in [-0.1, -0.05) is 116 Å². The number of quaternary nitrogens is 1. The van der Waals surface area contributed by atoms with Crippen molar-refractivity contribution < 1.29 is 28.6 Å². The van der Waals surface area contributed by atoms with Gasteiger partial charge >= 0.3 is 0 Å². The second-order valence-corrected chi connectivity index (χ2v) is 14.1. The second-order valence-electron chi connectivity index (χ2n) is 14.1. The molecule has 0 spiro atoms. The minimum atomic E-state index is -1.13. The minimum Gasteiger partial charge on any atom is -0.548 e. The van der Waals surface area contributed by atoms with Gasteiger partial charge in [0.05, 0.1) is 39.9 Å². The summed E-state index contributed by atoms with van der Waals surface area (Å²) >= 11 is 0. The van der Waals surface area contributed by atoms with Crippen LogP contribution in [-0.2, 0) is 26.2 Å². The van der Waals surface area contributed by atoms with Gasteiger partial charge in [-0.2, -0.15) is 0 Å². The topological polar surface area (TPSA) is 67.8 Å². The fourth-order valence-corrected chi connectivity index (χ4v) is 5.36. The van der Waals surface area contributed by atoms with Crippen molar-refractivity contribution in [1.82, 2.24) is 0 Å². The Hall–Kier alpha value is -2.41. The molecule has 43 heavy (non-hydrogen) atoms. The van der Waals surface area contributed by atoms with Crippen molar-refractivity contribution >= 4 is 5.97 Å². The summed E-state index contributed by atoms with van der Waals surface area (Å²) in [6, 6.07) is 19.2. The Bertz CT molecular complexity index is 980. The Balaban J connectivity index is 0.000000599. The third-order valence-electron chi connectivity index (χ3n) is 7.26. The highest BCUT2D eigenvalue weighted by molar-refractivity contribution is 5.65. The Morgan fingerprint density at radius 3 is 2.00 bits per heavy atom. The van der Waals surface area contributed by atoms with E-state index in [1.54, 1.807) is 0 Å². The van der Waals surface area contributed by atoms with Crippen molar-refractivity contribution in [2.24, 2.45) is 5.41 Å². The molecule has 0 amide bonds. The zero-order valence-electron chi connectivity index (χ0n) is 28.6. The number of likely N-dealkylation sites (N-methyl/N-ethyl adjacent to an activating group) is 1. The number of carboxylic acids is 1. The fourth-order valence-electron chi connectivity index (χ4n) is 5.36. The first-order chi connectivity index (χ1) is 20.2. The Morgan fingerprint density at radius 2 is 1.40 bits per heavy atom. The molecule has 0 aliphatic heterocycles. The number of carbonyl (C=O) groups excluding carboxylic acids is 1. The molecule has 0 bridgehead atoms. The van der Waals surface area contributed by atoms with Crippen LogP contribution in [-0.4, -0.2) is 64.1 Å². The van der Waals surface area contributed by atoms with E-state index in [2.05, 4.69) is 110 Å². The standard InChI is InChI=1S/C27H42NO2.C10H20O3/c1-26(2,3)22-27(4,5)24-13-15-25(16-14-24)30-20-19-29-18-17-28(6,7)21-23-11-9-8-10-12-23;1-2-3-4-5-6-7-8-13-9-10(11)12/h8-16H,17-22H2,1-7H3;2-9H2,1H3,(H,11,12)/q+1;/p-1. The summed E-state index contributed by atoms with van der Waals surface area (Å²) in [6.45, 7) is 17.9. The molecular weight excluding hydrogens is 538 g/mol. The van der Waals surface area contributed by atoms with E-state index in [4.69, 9.17) is 14.2 Å². The van der Waals surface area contributed by atoms with Gasteiger partial charge in [0, 0.05) is 12.2 Å². The predicted molar refractivity (Wildman–Crippen MR) is 176 cm³/mol. The Labute approximate surface area is 263 Å². The van der Waals surface area contributed by atoms with Crippen LogP contribution in [0.3, 0.4) is 0 Å². The molecule has 244 valence electrons. The first-order valence-electron chi connectivity index (χ1n) is 16.2. The van der Waals surface area contributed by atoms with Crippen LogP contribution in [0.15, 0.2) is 54.6 Å². The normalized spacial score (nSPS) is 12.0. The highest BCUT2D eigenvalue weighted by Gasteiger charge is 2.27. The molecule has 2 aromatic carbocycles. The Morgan fingerprint density at radius 1 is 0.767 bits per heavy atom. The third kappa shape index (κ3) is 20.2. The van der Waals surface area contributed by atoms with Crippen LogP contribution >= 0.6 is 0 Å². The maximum Gasteiger partial charge on any atom is 0.119 e. The van der Waals surface area contributed by atoms with Gasteiger partial charge in [0.15, 0.2) is 0 Å². The lowest BCUT2D eigenvalue weighted by molar-refractivity contribution is -0.904. The molecule has 0 saturated heterocycles. The number of hydrogen-bond acceptors (Lipinski definition) is 5. The van der Waals surface area contributed by atoms with Crippen LogP contribution in [0.4, 0.5) is 0 Å². The highest BCUT2D eigenvalue weighted by Crippen LogP contribution is 2.36. The lowest BCUT2D eigenvalue weighted by Gasteiger charge is -2.33. The lowest BCUT2D eigenvalue weighted by Crippen LogP contribution is -2.41. The van der Waals surface area contributed by atoms with Crippen LogP contribution in [0.1, 0.15) is 97.6 Å². The molecule has 0 fully saturated rings. The third-order valence-corrected chi connectivity index (χ3v) is 7.26. The molecule has 0 saturated carbocycles. The van der Waals surface area contributed by atoms with E-state index >= 15 is 0 Å². The van der Waals surface area contributed by atoms with E-state index in [0.29, 0.717) is 25.2 Å². The number of hydrogen-bond donors (Lipinski definition) is 0. The van der Waals surface area contributed by atoms with Gasteiger partial charge in [-0.3, -0.25) is 0 Å². The summed E-state index contributed by atoms with van der Waals surface area (Å²) in [5.41, 5.74) is 3.19. The number of aliphatic carboxylic acids is 1. The molecule has 0 atom stereocenters. The van der Waals surface area contributed by atoms with Gasteiger partial charge in [0.2, 0.25) is 0 Å². The zero-order chi connectivity index (χ0) is 32.2. The Kier molecular flexibility index (Phi) is 18.4. The molecule has 0 heterocycles. The predicted octanol–water partition coefficient (Wildman–Crippen LogP) is 7.19. The minimum absolute atomic E-state index is 0.157. The molecule has 6 heteroatoms. The van der Waals surface area contributed by atoms with Gasteiger partial charge in [-0.05, 0) is 41.4 Å². The number of ether oxygens (including phenoxy) is 3. The van der Waals surface area contributed by atoms with E-state index in [-0.39, 0.29) is 12.0 Å². The van der Waals surface area contributed by atoms with E-state index in [0.717, 1.165) is 49.2 Å². The van der Waals surface area contributed by atoms with Gasteiger partial charge in [0.1, 0.15) is 25.4 Å². The van der Waals surface area contributed by atoms with Gasteiger partial charge in [-0.25, -0.2) is 0 Å². The first-order valence-corrected chi connectivity index (χ1v) is 16.2. The average molecular weight is 600 g/mol. The lowest BCUT2D eigenvalue weighted by atomic mass is 9.72. The second kappa shape index (κ2) is 20.5. The molecule has 2 aromatic rings. The summed E-state index contributed by atoms with van der Waals surface area (Å²) < 4.78 is 17.4.